The van der Waals surface area contributed by atoms with Gasteiger partial charge in [0.05, 0.1) is 16.1 Å². The third-order valence-electron chi connectivity index (χ3n) is 5.11. The average Bonchev–Trinajstić information content (AvgIpc) is 3.37. The van der Waals surface area contributed by atoms with E-state index in [4.69, 9.17) is 4.42 Å². The number of benzene rings is 4. The van der Waals surface area contributed by atoms with Crippen molar-refractivity contribution in [2.75, 3.05) is 5.32 Å². The van der Waals surface area contributed by atoms with E-state index in [0.29, 0.717) is 5.89 Å². The van der Waals surface area contributed by atoms with Gasteiger partial charge >= 0.3 is 0 Å². The van der Waals surface area contributed by atoms with Gasteiger partial charge in [-0.2, -0.15) is 0 Å². The number of nitrogens with zero attached hydrogens (tertiary/aromatic N) is 1. The molecule has 1 N–H and O–H groups in total. The number of nitrogens with one attached hydrogen (secondary N) is 1. The third-order valence-corrected chi connectivity index (χ3v) is 6.33. The van der Waals surface area contributed by atoms with E-state index in [0.717, 1.165) is 28.0 Å². The van der Waals surface area contributed by atoms with Gasteiger partial charge in [-0.3, -0.25) is 0 Å². The van der Waals surface area contributed by atoms with Crippen molar-refractivity contribution in [1.29, 1.82) is 0 Å². The fraction of sp³-hybridized carbons (Fsp3) is 0. The molecule has 3 nitrogen and oxygen atoms in total. The van der Waals surface area contributed by atoms with Crippen LogP contribution in [0.3, 0.4) is 0 Å². The molecule has 0 saturated heterocycles. The van der Waals surface area contributed by atoms with Gasteiger partial charge in [0.15, 0.2) is 5.58 Å². The molecule has 29 heavy (non-hydrogen) atoms. The van der Waals surface area contributed by atoms with Crippen LogP contribution in [0.2, 0.25) is 0 Å². The molecule has 0 atom stereocenters. The highest BCUT2D eigenvalue weighted by Crippen LogP contribution is 2.40. The SMILES string of the molecule is c1ccc(-c2nc3cccc(Nc4cccc5c4sc4ccccc45)c3o2)cc1. The number of hydrogen-bond donors (Lipinski definition) is 1. The number of para-hydroxylation sites is 1. The van der Waals surface area contributed by atoms with Crippen LogP contribution >= 0.6 is 11.3 Å². The van der Waals surface area contributed by atoms with Crippen molar-refractivity contribution in [1.82, 2.24) is 4.98 Å². The largest absolute Gasteiger partial charge is 0.434 e. The molecule has 2 aromatic heterocycles. The molecule has 6 rings (SSSR count). The molecule has 0 bridgehead atoms. The van der Waals surface area contributed by atoms with E-state index >= 15 is 0 Å². The number of anilines is 2. The van der Waals surface area contributed by atoms with Gasteiger partial charge in [-0.15, -0.1) is 11.3 Å². The van der Waals surface area contributed by atoms with Crippen LogP contribution in [0.4, 0.5) is 11.4 Å². The molecule has 6 aromatic rings. The van der Waals surface area contributed by atoms with Crippen LogP contribution in [-0.4, -0.2) is 4.98 Å². The zero-order valence-electron chi connectivity index (χ0n) is 15.4. The topological polar surface area (TPSA) is 38.1 Å². The van der Waals surface area contributed by atoms with E-state index in [2.05, 4.69) is 52.8 Å². The first kappa shape index (κ1) is 16.3. The Morgan fingerprint density at radius 2 is 1.45 bits per heavy atom. The number of rotatable bonds is 3. The Hall–Kier alpha value is -3.63. The molecule has 2 heterocycles. The monoisotopic (exact) mass is 392 g/mol. The standard InChI is InChI=1S/C25H16N2OS/c1-2-8-16(9-3-1)25-27-20-13-7-12-19(23(20)28-25)26-21-14-6-11-18-17-10-4-5-15-22(17)29-24(18)21/h1-15,26H. The summed E-state index contributed by atoms with van der Waals surface area (Å²) in [5.74, 6) is 0.634. The molecular weight excluding hydrogens is 376 g/mol. The van der Waals surface area contributed by atoms with E-state index in [9.17, 15) is 0 Å². The summed E-state index contributed by atoms with van der Waals surface area (Å²) in [6, 6.07) is 31.0. The van der Waals surface area contributed by atoms with Gasteiger partial charge in [0.1, 0.15) is 5.52 Å². The van der Waals surface area contributed by atoms with Crippen molar-refractivity contribution in [3.8, 4) is 11.5 Å². The second-order valence-electron chi connectivity index (χ2n) is 6.94. The molecule has 0 spiro atoms. The highest BCUT2D eigenvalue weighted by atomic mass is 32.1. The summed E-state index contributed by atoms with van der Waals surface area (Å²) in [7, 11) is 0. The van der Waals surface area contributed by atoms with E-state index in [1.54, 1.807) is 11.3 Å². The molecule has 0 radical (unpaired) electrons. The van der Waals surface area contributed by atoms with Crippen molar-refractivity contribution in [2.45, 2.75) is 0 Å². The smallest absolute Gasteiger partial charge is 0.227 e. The van der Waals surface area contributed by atoms with Gasteiger partial charge in [0, 0.05) is 21.0 Å². The van der Waals surface area contributed by atoms with Crippen molar-refractivity contribution in [2.24, 2.45) is 0 Å². The summed E-state index contributed by atoms with van der Waals surface area (Å²) in [4.78, 5) is 4.68. The van der Waals surface area contributed by atoms with Crippen LogP contribution in [0.15, 0.2) is 95.4 Å². The maximum Gasteiger partial charge on any atom is 0.227 e. The van der Waals surface area contributed by atoms with E-state index in [1.165, 1.54) is 20.2 Å². The maximum absolute atomic E-state index is 6.16. The van der Waals surface area contributed by atoms with Crippen LogP contribution in [0.25, 0.3) is 42.7 Å². The predicted octanol–water partition coefficient (Wildman–Crippen LogP) is 7.61. The van der Waals surface area contributed by atoms with Crippen LogP contribution in [-0.2, 0) is 0 Å². The molecule has 4 aromatic carbocycles. The Labute approximate surface area is 171 Å². The fourth-order valence-electron chi connectivity index (χ4n) is 3.74. The first-order valence-corrected chi connectivity index (χ1v) is 10.3. The van der Waals surface area contributed by atoms with Crippen molar-refractivity contribution in [3.63, 3.8) is 0 Å². The second kappa shape index (κ2) is 6.47. The van der Waals surface area contributed by atoms with Crippen molar-refractivity contribution >= 4 is 54.0 Å². The van der Waals surface area contributed by atoms with Crippen molar-refractivity contribution < 1.29 is 4.42 Å². The minimum atomic E-state index is 0.634. The Bertz CT molecular complexity index is 1480. The summed E-state index contributed by atoms with van der Waals surface area (Å²) in [6.07, 6.45) is 0. The highest BCUT2D eigenvalue weighted by molar-refractivity contribution is 7.26. The summed E-state index contributed by atoms with van der Waals surface area (Å²) in [6.45, 7) is 0. The normalized spacial score (nSPS) is 11.4. The first-order chi connectivity index (χ1) is 14.4. The van der Waals surface area contributed by atoms with Crippen molar-refractivity contribution in [3.05, 3.63) is 91.0 Å². The third kappa shape index (κ3) is 2.69. The number of thiophene rings is 1. The lowest BCUT2D eigenvalue weighted by atomic mass is 10.1. The van der Waals surface area contributed by atoms with Gasteiger partial charge in [-0.05, 0) is 36.4 Å². The summed E-state index contributed by atoms with van der Waals surface area (Å²) in [5, 5.41) is 6.15. The van der Waals surface area contributed by atoms with Crippen LogP contribution in [0.5, 0.6) is 0 Å². The van der Waals surface area contributed by atoms with Gasteiger partial charge in [-0.25, -0.2) is 4.98 Å². The fourth-order valence-corrected chi connectivity index (χ4v) is 4.91. The van der Waals surface area contributed by atoms with Gasteiger partial charge in [-0.1, -0.05) is 54.6 Å². The Balaban J connectivity index is 1.49. The minimum Gasteiger partial charge on any atom is -0.434 e. The minimum absolute atomic E-state index is 0.634. The van der Waals surface area contributed by atoms with E-state index < -0.39 is 0 Å². The molecule has 0 fully saturated rings. The van der Waals surface area contributed by atoms with E-state index in [-0.39, 0.29) is 0 Å². The lowest BCUT2D eigenvalue weighted by Gasteiger charge is -2.07. The molecule has 4 heteroatoms. The van der Waals surface area contributed by atoms with E-state index in [1.807, 2.05) is 48.5 Å². The van der Waals surface area contributed by atoms with Crippen LogP contribution < -0.4 is 5.32 Å². The Kier molecular flexibility index (Phi) is 3.64. The Morgan fingerprint density at radius 1 is 0.690 bits per heavy atom. The van der Waals surface area contributed by atoms with Gasteiger partial charge < -0.3 is 9.73 Å². The lowest BCUT2D eigenvalue weighted by molar-refractivity contribution is 0.621. The van der Waals surface area contributed by atoms with Gasteiger partial charge in [0.2, 0.25) is 5.89 Å². The molecule has 0 aliphatic rings. The molecular formula is C25H16N2OS. The Morgan fingerprint density at radius 3 is 2.38 bits per heavy atom. The molecule has 0 aliphatic carbocycles. The van der Waals surface area contributed by atoms with Crippen LogP contribution in [0.1, 0.15) is 0 Å². The summed E-state index contributed by atoms with van der Waals surface area (Å²) < 4.78 is 8.69. The molecule has 138 valence electrons. The second-order valence-corrected chi connectivity index (χ2v) is 8.00. The first-order valence-electron chi connectivity index (χ1n) is 9.49. The molecule has 0 unspecified atom stereocenters. The highest BCUT2D eigenvalue weighted by Gasteiger charge is 2.14. The molecule has 0 amide bonds. The maximum atomic E-state index is 6.16. The summed E-state index contributed by atoms with van der Waals surface area (Å²) >= 11 is 1.81. The number of aromatic nitrogens is 1. The van der Waals surface area contributed by atoms with Crippen LogP contribution in [0, 0.1) is 0 Å². The molecule has 0 aliphatic heterocycles. The number of oxazole rings is 1. The summed E-state index contributed by atoms with van der Waals surface area (Å²) in [5.41, 5.74) is 4.58. The zero-order valence-corrected chi connectivity index (χ0v) is 16.2. The predicted molar refractivity (Wildman–Crippen MR) is 122 cm³/mol. The number of fused-ring (bicyclic) bond motifs is 4. The zero-order chi connectivity index (χ0) is 19.2. The number of hydrogen-bond acceptors (Lipinski definition) is 4. The van der Waals surface area contributed by atoms with Gasteiger partial charge in [0.25, 0.3) is 0 Å². The molecule has 0 saturated carbocycles. The average molecular weight is 392 g/mol. The quantitative estimate of drug-likeness (QED) is 0.337. The lowest BCUT2D eigenvalue weighted by Crippen LogP contribution is -1.90.